The first-order valence-corrected chi connectivity index (χ1v) is 12.7. The van der Waals surface area contributed by atoms with Crippen molar-refractivity contribution in [1.82, 2.24) is 14.3 Å². The van der Waals surface area contributed by atoms with Crippen LogP contribution in [0.1, 0.15) is 49.7 Å². The summed E-state index contributed by atoms with van der Waals surface area (Å²) in [5.74, 6) is -7.21. The molecule has 0 radical (unpaired) electrons. The number of benzene rings is 1. The molecule has 0 amide bonds. The summed E-state index contributed by atoms with van der Waals surface area (Å²) in [7, 11) is -3.30. The minimum atomic E-state index is -3.30. The molecule has 1 aromatic carbocycles. The fraction of sp³-hybridized carbons (Fsp3) is 0.500. The number of ether oxygens (including phenoxy) is 1. The maximum absolute atomic E-state index is 14.3. The highest BCUT2D eigenvalue weighted by Crippen LogP contribution is 2.44. The van der Waals surface area contributed by atoms with Crippen molar-refractivity contribution in [1.29, 1.82) is 5.26 Å². The van der Waals surface area contributed by atoms with Gasteiger partial charge in [0.2, 0.25) is 15.9 Å². The largest absolute Gasteiger partial charge is 0.474 e. The van der Waals surface area contributed by atoms with E-state index in [1.54, 1.807) is 4.31 Å². The maximum Gasteiger partial charge on any atom is 0.221 e. The number of halogens is 4. The van der Waals surface area contributed by atoms with E-state index in [0.29, 0.717) is 25.7 Å². The molecule has 2 bridgehead atoms. The van der Waals surface area contributed by atoms with Crippen LogP contribution in [0.15, 0.2) is 6.33 Å². The minimum Gasteiger partial charge on any atom is -0.474 e. The normalized spacial score (nSPS) is 24.3. The molecular formula is C22H21F4N5O3S. The number of aromatic nitrogens is 2. The lowest BCUT2D eigenvalue weighted by Gasteiger charge is -2.37. The number of fused-ring (bicyclic) bond motifs is 2. The number of nitrogens with zero attached hydrogens (tertiary/aromatic N) is 4. The first kappa shape index (κ1) is 23.7. The van der Waals surface area contributed by atoms with Crippen LogP contribution in [0, 0.1) is 41.5 Å². The zero-order valence-corrected chi connectivity index (χ0v) is 19.4. The fourth-order valence-corrected chi connectivity index (χ4v) is 7.22. The molecule has 186 valence electrons. The molecule has 5 rings (SSSR count). The number of rotatable bonds is 6. The summed E-state index contributed by atoms with van der Waals surface area (Å²) in [5, 5.41) is 10.7. The Morgan fingerprint density at radius 1 is 1.03 bits per heavy atom. The first-order valence-electron chi connectivity index (χ1n) is 11.2. The number of hydrogen-bond donors (Lipinski definition) is 1. The van der Waals surface area contributed by atoms with Crippen LogP contribution in [0.2, 0.25) is 0 Å². The molecule has 3 aliphatic rings. The fourth-order valence-electron chi connectivity index (χ4n) is 4.93. The SMILES string of the molecule is Cc1c(Nc2c(F)c(F)c(C#N)c(F)c2F)ncnc1OC1CC2CCC(C1)N2S(=O)(=O)C1CC1. The van der Waals surface area contributed by atoms with Gasteiger partial charge in [0.05, 0.1) is 10.8 Å². The van der Waals surface area contributed by atoms with E-state index < -0.39 is 44.5 Å². The van der Waals surface area contributed by atoms with Crippen LogP contribution >= 0.6 is 0 Å². The number of sulfonamides is 1. The number of nitriles is 1. The van der Waals surface area contributed by atoms with Crippen molar-refractivity contribution < 1.29 is 30.7 Å². The van der Waals surface area contributed by atoms with E-state index in [-0.39, 0.29) is 40.7 Å². The van der Waals surface area contributed by atoms with Gasteiger partial charge in [-0.3, -0.25) is 0 Å². The Balaban J connectivity index is 1.36. The lowest BCUT2D eigenvalue weighted by Crippen LogP contribution is -2.50. The molecule has 3 heterocycles. The summed E-state index contributed by atoms with van der Waals surface area (Å²) in [6.45, 7) is 1.51. The van der Waals surface area contributed by atoms with E-state index in [4.69, 9.17) is 10.00 Å². The van der Waals surface area contributed by atoms with Crippen LogP contribution in [0.5, 0.6) is 5.88 Å². The number of nitrogens with one attached hydrogen (secondary N) is 1. The van der Waals surface area contributed by atoms with Crippen molar-refractivity contribution in [2.75, 3.05) is 5.32 Å². The molecule has 0 spiro atoms. The van der Waals surface area contributed by atoms with Crippen molar-refractivity contribution in [2.24, 2.45) is 0 Å². The molecule has 13 heteroatoms. The van der Waals surface area contributed by atoms with Crippen LogP contribution in [0.25, 0.3) is 0 Å². The van der Waals surface area contributed by atoms with E-state index in [0.717, 1.165) is 25.2 Å². The van der Waals surface area contributed by atoms with Gasteiger partial charge in [-0.15, -0.1) is 0 Å². The van der Waals surface area contributed by atoms with Crippen molar-refractivity contribution in [2.45, 2.75) is 68.9 Å². The monoisotopic (exact) mass is 511 g/mol. The average molecular weight is 512 g/mol. The highest BCUT2D eigenvalue weighted by atomic mass is 32.2. The Labute approximate surface area is 199 Å². The molecule has 35 heavy (non-hydrogen) atoms. The second-order valence-corrected chi connectivity index (χ2v) is 11.2. The Morgan fingerprint density at radius 2 is 1.63 bits per heavy atom. The topological polar surface area (TPSA) is 108 Å². The van der Waals surface area contributed by atoms with Crippen molar-refractivity contribution in [3.63, 3.8) is 0 Å². The molecule has 2 unspecified atom stereocenters. The lowest BCUT2D eigenvalue weighted by atomic mass is 10.0. The predicted molar refractivity (Wildman–Crippen MR) is 115 cm³/mol. The zero-order valence-electron chi connectivity index (χ0n) is 18.6. The molecule has 2 saturated heterocycles. The molecule has 1 aliphatic carbocycles. The molecule has 1 N–H and O–H groups in total. The summed E-state index contributed by atoms with van der Waals surface area (Å²) < 4.78 is 90.0. The predicted octanol–water partition coefficient (Wildman–Crippen LogP) is 3.82. The summed E-state index contributed by atoms with van der Waals surface area (Å²) in [6, 6.07) is 0.780. The van der Waals surface area contributed by atoms with Gasteiger partial charge in [-0.25, -0.2) is 35.9 Å². The third-order valence-corrected chi connectivity index (χ3v) is 9.29. The van der Waals surface area contributed by atoms with Gasteiger partial charge in [0.15, 0.2) is 23.3 Å². The van der Waals surface area contributed by atoms with Crippen molar-refractivity contribution in [3.8, 4) is 11.9 Å². The highest BCUT2D eigenvalue weighted by Gasteiger charge is 2.52. The summed E-state index contributed by atoms with van der Waals surface area (Å²) in [5.41, 5.74) is -2.26. The van der Waals surface area contributed by atoms with Crippen LogP contribution in [0.4, 0.5) is 29.1 Å². The number of hydrogen-bond acceptors (Lipinski definition) is 7. The quantitative estimate of drug-likeness (QED) is 0.464. The Bertz CT molecular complexity index is 1300. The summed E-state index contributed by atoms with van der Waals surface area (Å²) >= 11 is 0. The van der Waals surface area contributed by atoms with Crippen molar-refractivity contribution in [3.05, 3.63) is 40.7 Å². The second-order valence-electron chi connectivity index (χ2n) is 9.07. The van der Waals surface area contributed by atoms with Gasteiger partial charge in [0, 0.05) is 24.9 Å². The second kappa shape index (κ2) is 8.60. The van der Waals surface area contributed by atoms with Gasteiger partial charge >= 0.3 is 0 Å². The first-order chi connectivity index (χ1) is 16.6. The van der Waals surface area contributed by atoms with E-state index >= 15 is 0 Å². The van der Waals surface area contributed by atoms with E-state index in [1.165, 1.54) is 6.92 Å². The van der Waals surface area contributed by atoms with Gasteiger partial charge < -0.3 is 10.1 Å². The smallest absolute Gasteiger partial charge is 0.221 e. The molecule has 2 aromatic rings. The van der Waals surface area contributed by atoms with Gasteiger partial charge in [0.25, 0.3) is 0 Å². The standard InChI is InChI=1S/C22H21F4N5O3S/c1-10-21(30-20-18(25)16(23)15(8-27)17(24)19(20)26)28-9-29-22(10)34-13-6-11-2-3-12(7-13)31(11)35(32,33)14-4-5-14/h9,11-14H,2-7H2,1H3,(H,28,29,30). The summed E-state index contributed by atoms with van der Waals surface area (Å²) in [6.07, 6.45) is 4.58. The van der Waals surface area contributed by atoms with Gasteiger partial charge in [0.1, 0.15) is 35.6 Å². The van der Waals surface area contributed by atoms with Gasteiger partial charge in [-0.2, -0.15) is 9.57 Å². The van der Waals surface area contributed by atoms with Crippen molar-refractivity contribution >= 4 is 21.5 Å². The average Bonchev–Trinajstić information content (AvgIpc) is 3.64. The van der Waals surface area contributed by atoms with Gasteiger partial charge in [-0.05, 0) is 32.6 Å². The van der Waals surface area contributed by atoms with Crippen LogP contribution in [-0.4, -0.2) is 46.1 Å². The molecule has 1 saturated carbocycles. The Hall–Kier alpha value is -2.98. The minimum absolute atomic E-state index is 0.0980. The molecule has 2 atom stereocenters. The number of anilines is 2. The summed E-state index contributed by atoms with van der Waals surface area (Å²) in [4.78, 5) is 7.97. The van der Waals surface area contributed by atoms with Gasteiger partial charge in [-0.1, -0.05) is 0 Å². The van der Waals surface area contributed by atoms with E-state index in [9.17, 15) is 26.0 Å². The molecule has 8 nitrogen and oxygen atoms in total. The van der Waals surface area contributed by atoms with Crippen LogP contribution in [-0.2, 0) is 10.0 Å². The lowest BCUT2D eigenvalue weighted by molar-refractivity contribution is 0.0910. The third-order valence-electron chi connectivity index (χ3n) is 6.80. The highest BCUT2D eigenvalue weighted by molar-refractivity contribution is 7.90. The number of piperidine rings is 1. The molecule has 2 aliphatic heterocycles. The molecular weight excluding hydrogens is 490 g/mol. The van der Waals surface area contributed by atoms with E-state index in [2.05, 4.69) is 15.3 Å². The van der Waals surface area contributed by atoms with E-state index in [1.807, 2.05) is 0 Å². The molecule has 1 aromatic heterocycles. The Kier molecular flexibility index (Phi) is 5.83. The zero-order chi connectivity index (χ0) is 25.1. The Morgan fingerprint density at radius 3 is 2.17 bits per heavy atom. The molecule has 3 fully saturated rings. The third kappa shape index (κ3) is 3.98. The maximum atomic E-state index is 14.3. The van der Waals surface area contributed by atoms with Crippen LogP contribution in [0.3, 0.4) is 0 Å². The van der Waals surface area contributed by atoms with Crippen LogP contribution < -0.4 is 10.1 Å².